The van der Waals surface area contributed by atoms with E-state index < -0.39 is 38.1 Å². The predicted molar refractivity (Wildman–Crippen MR) is 44.9 cm³/mol. The van der Waals surface area contributed by atoms with Gasteiger partial charge in [0.25, 0.3) is 10.1 Å². The molecule has 0 heterocycles. The average Bonchev–Trinajstić information content (AvgIpc) is 2.14. The van der Waals surface area contributed by atoms with Gasteiger partial charge in [0, 0.05) is 11.1 Å². The van der Waals surface area contributed by atoms with Crippen LogP contribution in [-0.4, -0.2) is 24.9 Å². The van der Waals surface area contributed by atoms with Crippen LogP contribution in [-0.2, 0) is 10.1 Å². The quantitative estimate of drug-likeness (QED) is 0.431. The molecule has 1 aromatic carbocycles. The van der Waals surface area contributed by atoms with E-state index >= 15 is 0 Å². The molecule has 0 saturated heterocycles. The summed E-state index contributed by atoms with van der Waals surface area (Å²) in [4.78, 5) is 20.1. The summed E-state index contributed by atoms with van der Waals surface area (Å²) in [6.07, 6.45) is 0. The van der Waals surface area contributed by atoms with E-state index in [1.807, 2.05) is 0 Å². The van der Waals surface area contributed by atoms with E-state index in [-0.39, 0.29) is 103 Å². The second-order valence-corrected chi connectivity index (χ2v) is 4.12. The fraction of sp³-hybridized carbons (Fsp3) is 0. The summed E-state index contributed by atoms with van der Waals surface area (Å²) in [6, 6.07) is 2.53. The standard InChI is InChI=1S/C8H6O7S.2K/c9-7(10)4-2-1-3-5(16(13,14)15)6(4)8(11)12;;/h1-3H,(H,9,10)(H,11,12)(H,13,14,15);;/q;2*+1/p-2. The van der Waals surface area contributed by atoms with Crippen LogP contribution in [0.15, 0.2) is 23.1 Å². The van der Waals surface area contributed by atoms with Crippen LogP contribution in [0.3, 0.4) is 0 Å². The summed E-state index contributed by atoms with van der Waals surface area (Å²) >= 11 is 0. The maximum Gasteiger partial charge on any atom is 1.00 e. The smallest absolute Gasteiger partial charge is 0.545 e. The summed E-state index contributed by atoms with van der Waals surface area (Å²) in [5.41, 5.74) is -2.01. The Morgan fingerprint density at radius 3 is 1.89 bits per heavy atom. The van der Waals surface area contributed by atoms with Crippen molar-refractivity contribution in [2.45, 2.75) is 4.90 Å². The fourth-order valence-corrected chi connectivity index (χ4v) is 1.83. The van der Waals surface area contributed by atoms with Crippen molar-refractivity contribution in [3.05, 3.63) is 29.3 Å². The van der Waals surface area contributed by atoms with Crippen molar-refractivity contribution in [2.75, 3.05) is 0 Å². The Morgan fingerprint density at radius 2 is 1.56 bits per heavy atom. The number of rotatable bonds is 3. The SMILES string of the molecule is O=C([O-])c1cccc(S(=O)(=O)O)c1C(=O)[O-].[K+].[K+]. The Balaban J connectivity index is 0. The molecule has 10 heteroatoms. The third-order valence-corrected chi connectivity index (χ3v) is 2.62. The summed E-state index contributed by atoms with van der Waals surface area (Å²) in [5.74, 6) is -3.92. The molecule has 0 aliphatic rings. The maximum atomic E-state index is 10.8. The molecule has 7 nitrogen and oxygen atoms in total. The molecule has 0 saturated carbocycles. The monoisotopic (exact) mass is 322 g/mol. The molecular weight excluding hydrogens is 318 g/mol. The molecule has 0 aromatic heterocycles. The molecule has 0 aliphatic carbocycles. The molecule has 0 spiro atoms. The number of carboxylic acids is 2. The van der Waals surface area contributed by atoms with Gasteiger partial charge in [-0.25, -0.2) is 0 Å². The van der Waals surface area contributed by atoms with Crippen molar-refractivity contribution in [2.24, 2.45) is 0 Å². The van der Waals surface area contributed by atoms with E-state index in [2.05, 4.69) is 0 Å². The molecule has 1 N–H and O–H groups in total. The number of carbonyl (C=O) groups is 2. The van der Waals surface area contributed by atoms with Gasteiger partial charge in [-0.2, -0.15) is 8.42 Å². The van der Waals surface area contributed by atoms with E-state index in [4.69, 9.17) is 4.55 Å². The summed E-state index contributed by atoms with van der Waals surface area (Å²) < 4.78 is 30.3. The Morgan fingerprint density at radius 1 is 1.06 bits per heavy atom. The number of benzene rings is 1. The van der Waals surface area contributed by atoms with Gasteiger partial charge in [-0.05, 0) is 6.07 Å². The Kier molecular flexibility index (Phi) is 10.3. The molecule has 0 atom stereocenters. The van der Waals surface area contributed by atoms with E-state index in [1.54, 1.807) is 0 Å². The third-order valence-electron chi connectivity index (χ3n) is 1.73. The van der Waals surface area contributed by atoms with Crippen molar-refractivity contribution in [3.8, 4) is 0 Å². The van der Waals surface area contributed by atoms with Gasteiger partial charge in [0.1, 0.15) is 4.90 Å². The number of carbonyl (C=O) groups excluding carboxylic acids is 2. The van der Waals surface area contributed by atoms with Gasteiger partial charge >= 0.3 is 103 Å². The Bertz CT molecular complexity index is 567. The zero-order valence-electron chi connectivity index (χ0n) is 9.54. The van der Waals surface area contributed by atoms with Crippen LogP contribution in [0.25, 0.3) is 0 Å². The zero-order chi connectivity index (χ0) is 12.5. The van der Waals surface area contributed by atoms with Gasteiger partial charge in [-0.15, -0.1) is 0 Å². The average molecular weight is 322 g/mol. The van der Waals surface area contributed by atoms with Crippen LogP contribution in [0, 0.1) is 0 Å². The first-order valence-corrected chi connectivity index (χ1v) is 5.22. The topological polar surface area (TPSA) is 135 Å². The largest absolute Gasteiger partial charge is 1.00 e. The van der Waals surface area contributed by atoms with E-state index in [0.717, 1.165) is 18.2 Å². The molecule has 0 amide bonds. The van der Waals surface area contributed by atoms with Crippen LogP contribution in [0.1, 0.15) is 20.7 Å². The first-order chi connectivity index (χ1) is 7.25. The molecule has 0 fully saturated rings. The van der Waals surface area contributed by atoms with Gasteiger partial charge in [-0.1, -0.05) is 12.1 Å². The van der Waals surface area contributed by atoms with E-state index in [1.165, 1.54) is 0 Å². The first-order valence-electron chi connectivity index (χ1n) is 3.78. The second-order valence-electron chi connectivity index (χ2n) is 2.73. The van der Waals surface area contributed by atoms with Gasteiger partial charge in [0.2, 0.25) is 0 Å². The minimum Gasteiger partial charge on any atom is -0.545 e. The molecule has 1 aromatic rings. The van der Waals surface area contributed by atoms with Crippen molar-refractivity contribution in [1.29, 1.82) is 0 Å². The second kappa shape index (κ2) is 8.59. The normalized spacial score (nSPS) is 9.83. The van der Waals surface area contributed by atoms with Crippen LogP contribution in [0.5, 0.6) is 0 Å². The molecule has 0 aliphatic heterocycles. The summed E-state index contributed by atoms with van der Waals surface area (Å²) in [7, 11) is -4.85. The number of aromatic carboxylic acids is 2. The van der Waals surface area contributed by atoms with Crippen LogP contribution in [0.2, 0.25) is 0 Å². The number of hydrogen-bond acceptors (Lipinski definition) is 6. The first kappa shape index (κ1) is 21.6. The Hall–Kier alpha value is 1.34. The number of hydrogen-bond donors (Lipinski definition) is 1. The van der Waals surface area contributed by atoms with Gasteiger partial charge in [0.15, 0.2) is 0 Å². The molecule has 86 valence electrons. The molecule has 18 heavy (non-hydrogen) atoms. The van der Waals surface area contributed by atoms with E-state index in [9.17, 15) is 28.2 Å². The molecular formula is C8H4K2O7S. The minimum atomic E-state index is -4.85. The van der Waals surface area contributed by atoms with Crippen molar-refractivity contribution >= 4 is 22.1 Å². The van der Waals surface area contributed by atoms with Crippen LogP contribution in [0.4, 0.5) is 0 Å². The molecule has 0 unspecified atom stereocenters. The molecule has 0 radical (unpaired) electrons. The van der Waals surface area contributed by atoms with Crippen molar-refractivity contribution in [1.82, 2.24) is 0 Å². The van der Waals surface area contributed by atoms with Gasteiger partial charge in [0.05, 0.1) is 11.9 Å². The summed E-state index contributed by atoms with van der Waals surface area (Å²) in [6.45, 7) is 0. The summed E-state index contributed by atoms with van der Waals surface area (Å²) in [5, 5.41) is 21.1. The van der Waals surface area contributed by atoms with Gasteiger partial charge in [-0.3, -0.25) is 4.55 Å². The van der Waals surface area contributed by atoms with Crippen molar-refractivity contribution in [3.63, 3.8) is 0 Å². The molecule has 0 bridgehead atoms. The third kappa shape index (κ3) is 5.38. The molecule has 1 rings (SSSR count). The number of carboxylic acid groups (broad SMARTS) is 2. The van der Waals surface area contributed by atoms with Crippen molar-refractivity contribution < 1.29 is 136 Å². The van der Waals surface area contributed by atoms with E-state index in [0.29, 0.717) is 0 Å². The van der Waals surface area contributed by atoms with Crippen LogP contribution < -0.4 is 113 Å². The fourth-order valence-electron chi connectivity index (χ4n) is 1.13. The zero-order valence-corrected chi connectivity index (χ0v) is 16.6. The Labute approximate surface area is 188 Å². The van der Waals surface area contributed by atoms with Gasteiger partial charge < -0.3 is 19.8 Å². The maximum absolute atomic E-state index is 10.8. The predicted octanol–water partition coefficient (Wildman–Crippen LogP) is -8.33. The van der Waals surface area contributed by atoms with Crippen LogP contribution >= 0.6 is 0 Å². The minimum absolute atomic E-state index is 0.